The Labute approximate surface area is 176 Å². The molecular formula is C24H24ClNO3. The van der Waals surface area contributed by atoms with Crippen LogP contribution in [0.4, 0.5) is 5.69 Å². The van der Waals surface area contributed by atoms with Crippen LogP contribution in [-0.4, -0.2) is 12.0 Å². The Balaban J connectivity index is 1.79. The summed E-state index contributed by atoms with van der Waals surface area (Å²) in [4.78, 5) is 12.9. The number of carbonyl (C=O) groups is 1. The molecule has 5 heteroatoms. The average molecular weight is 410 g/mol. The SMILES string of the molecule is CC[C@@H](Oc1cc(C)ccc1C)C(=O)Nc1cc(Cl)ccc1Oc1ccccc1. The van der Waals surface area contributed by atoms with Gasteiger partial charge in [-0.2, -0.15) is 0 Å². The topological polar surface area (TPSA) is 47.6 Å². The molecule has 4 nitrogen and oxygen atoms in total. The van der Waals surface area contributed by atoms with E-state index in [9.17, 15) is 4.79 Å². The summed E-state index contributed by atoms with van der Waals surface area (Å²) in [5.74, 6) is 1.63. The Morgan fingerprint density at radius 2 is 1.76 bits per heavy atom. The van der Waals surface area contributed by atoms with Crippen LogP contribution in [0.2, 0.25) is 5.02 Å². The molecule has 29 heavy (non-hydrogen) atoms. The van der Waals surface area contributed by atoms with Crippen LogP contribution in [0, 0.1) is 13.8 Å². The van der Waals surface area contributed by atoms with Gasteiger partial charge in [0.1, 0.15) is 11.5 Å². The Hall–Kier alpha value is -2.98. The second kappa shape index (κ2) is 9.48. The van der Waals surface area contributed by atoms with Gasteiger partial charge in [-0.05, 0) is 67.8 Å². The molecule has 3 aromatic carbocycles. The number of hydrogen-bond acceptors (Lipinski definition) is 3. The fourth-order valence-corrected chi connectivity index (χ4v) is 3.00. The van der Waals surface area contributed by atoms with Gasteiger partial charge in [-0.15, -0.1) is 0 Å². The summed E-state index contributed by atoms with van der Waals surface area (Å²) in [6.07, 6.45) is -0.117. The van der Waals surface area contributed by atoms with Crippen LogP contribution in [-0.2, 0) is 4.79 Å². The second-order valence-electron chi connectivity index (χ2n) is 6.83. The van der Waals surface area contributed by atoms with Crippen molar-refractivity contribution in [3.63, 3.8) is 0 Å². The van der Waals surface area contributed by atoms with Gasteiger partial charge in [0.25, 0.3) is 5.91 Å². The van der Waals surface area contributed by atoms with E-state index >= 15 is 0 Å². The van der Waals surface area contributed by atoms with Gasteiger partial charge >= 0.3 is 0 Å². The third kappa shape index (κ3) is 5.52. The molecule has 0 aliphatic heterocycles. The van der Waals surface area contributed by atoms with E-state index in [1.165, 1.54) is 0 Å². The molecule has 0 unspecified atom stereocenters. The van der Waals surface area contributed by atoms with Crippen LogP contribution in [0.15, 0.2) is 66.7 Å². The van der Waals surface area contributed by atoms with Crippen molar-refractivity contribution in [3.05, 3.63) is 82.9 Å². The van der Waals surface area contributed by atoms with Crippen molar-refractivity contribution in [2.45, 2.75) is 33.3 Å². The summed E-state index contributed by atoms with van der Waals surface area (Å²) in [5, 5.41) is 3.41. The molecule has 0 spiro atoms. The highest BCUT2D eigenvalue weighted by atomic mass is 35.5. The van der Waals surface area contributed by atoms with Crippen LogP contribution >= 0.6 is 11.6 Å². The van der Waals surface area contributed by atoms with Crippen LogP contribution in [0.5, 0.6) is 17.2 Å². The minimum Gasteiger partial charge on any atom is -0.480 e. The van der Waals surface area contributed by atoms with Crippen molar-refractivity contribution in [2.24, 2.45) is 0 Å². The highest BCUT2D eigenvalue weighted by molar-refractivity contribution is 6.31. The quantitative estimate of drug-likeness (QED) is 0.481. The first kappa shape index (κ1) is 20.7. The molecule has 0 heterocycles. The van der Waals surface area contributed by atoms with Crippen LogP contribution in [0.25, 0.3) is 0 Å². The number of amides is 1. The number of rotatable bonds is 7. The van der Waals surface area contributed by atoms with Gasteiger partial charge in [0.05, 0.1) is 5.69 Å². The Bertz CT molecular complexity index is 989. The number of halogens is 1. The number of ether oxygens (including phenoxy) is 2. The number of para-hydroxylation sites is 1. The summed E-state index contributed by atoms with van der Waals surface area (Å²) in [7, 11) is 0. The summed E-state index contributed by atoms with van der Waals surface area (Å²) in [6.45, 7) is 5.86. The van der Waals surface area contributed by atoms with Crippen molar-refractivity contribution in [3.8, 4) is 17.2 Å². The third-order valence-electron chi connectivity index (χ3n) is 4.45. The number of hydrogen-bond donors (Lipinski definition) is 1. The monoisotopic (exact) mass is 409 g/mol. The lowest BCUT2D eigenvalue weighted by Gasteiger charge is -2.20. The Morgan fingerprint density at radius 1 is 1.00 bits per heavy atom. The third-order valence-corrected chi connectivity index (χ3v) is 4.68. The first-order chi connectivity index (χ1) is 14.0. The first-order valence-electron chi connectivity index (χ1n) is 9.53. The number of carbonyl (C=O) groups excluding carboxylic acids is 1. The lowest BCUT2D eigenvalue weighted by Crippen LogP contribution is -2.32. The van der Waals surface area contributed by atoms with Gasteiger partial charge in [-0.1, -0.05) is 48.9 Å². The minimum absolute atomic E-state index is 0.256. The first-order valence-corrected chi connectivity index (χ1v) is 9.91. The lowest BCUT2D eigenvalue weighted by molar-refractivity contribution is -0.122. The highest BCUT2D eigenvalue weighted by Gasteiger charge is 2.21. The summed E-state index contributed by atoms with van der Waals surface area (Å²) >= 11 is 6.15. The number of aryl methyl sites for hydroxylation is 2. The fraction of sp³-hybridized carbons (Fsp3) is 0.208. The standard InChI is InChI=1S/C24H24ClNO3/c1-4-21(29-23-14-16(2)10-11-17(23)3)24(27)26-20-15-18(25)12-13-22(20)28-19-8-6-5-7-9-19/h5-15,21H,4H2,1-3H3,(H,26,27)/t21-/m1/s1. The van der Waals surface area contributed by atoms with E-state index in [0.29, 0.717) is 34.4 Å². The van der Waals surface area contributed by atoms with Gasteiger partial charge in [0, 0.05) is 5.02 Å². The molecule has 1 N–H and O–H groups in total. The molecular weight excluding hydrogens is 386 g/mol. The van der Waals surface area contributed by atoms with Crippen molar-refractivity contribution in [2.75, 3.05) is 5.32 Å². The van der Waals surface area contributed by atoms with E-state index in [4.69, 9.17) is 21.1 Å². The van der Waals surface area contributed by atoms with Gasteiger partial charge in [0.15, 0.2) is 11.9 Å². The molecule has 0 fully saturated rings. The highest BCUT2D eigenvalue weighted by Crippen LogP contribution is 2.32. The van der Waals surface area contributed by atoms with E-state index in [1.807, 2.05) is 69.3 Å². The van der Waals surface area contributed by atoms with E-state index in [0.717, 1.165) is 11.1 Å². The molecule has 0 saturated heterocycles. The lowest BCUT2D eigenvalue weighted by atomic mass is 10.1. The van der Waals surface area contributed by atoms with E-state index in [-0.39, 0.29) is 5.91 Å². The molecule has 1 amide bonds. The molecule has 3 aromatic rings. The smallest absolute Gasteiger partial charge is 0.265 e. The molecule has 0 saturated carbocycles. The zero-order valence-electron chi connectivity index (χ0n) is 16.7. The van der Waals surface area contributed by atoms with Gasteiger partial charge in [-0.25, -0.2) is 0 Å². The predicted molar refractivity (Wildman–Crippen MR) is 117 cm³/mol. The van der Waals surface area contributed by atoms with Gasteiger partial charge in [0.2, 0.25) is 0 Å². The average Bonchev–Trinajstić information content (AvgIpc) is 2.71. The largest absolute Gasteiger partial charge is 0.480 e. The molecule has 0 bridgehead atoms. The molecule has 0 radical (unpaired) electrons. The number of anilines is 1. The zero-order chi connectivity index (χ0) is 20.8. The van der Waals surface area contributed by atoms with Crippen LogP contribution < -0.4 is 14.8 Å². The minimum atomic E-state index is -0.640. The molecule has 150 valence electrons. The maximum Gasteiger partial charge on any atom is 0.265 e. The maximum absolute atomic E-state index is 12.9. The fourth-order valence-electron chi connectivity index (χ4n) is 2.83. The molecule has 1 atom stereocenters. The summed E-state index contributed by atoms with van der Waals surface area (Å²) in [5.41, 5.74) is 2.56. The summed E-state index contributed by atoms with van der Waals surface area (Å²) < 4.78 is 11.9. The van der Waals surface area contributed by atoms with E-state index in [1.54, 1.807) is 18.2 Å². The molecule has 0 aliphatic rings. The Kier molecular flexibility index (Phi) is 6.78. The predicted octanol–water partition coefficient (Wildman–Crippen LogP) is 6.55. The number of benzene rings is 3. The van der Waals surface area contributed by atoms with Crippen molar-refractivity contribution in [1.29, 1.82) is 0 Å². The molecule has 0 aromatic heterocycles. The van der Waals surface area contributed by atoms with Crippen molar-refractivity contribution < 1.29 is 14.3 Å². The normalized spacial score (nSPS) is 11.6. The van der Waals surface area contributed by atoms with Crippen molar-refractivity contribution in [1.82, 2.24) is 0 Å². The molecule has 3 rings (SSSR count). The maximum atomic E-state index is 12.9. The zero-order valence-corrected chi connectivity index (χ0v) is 17.5. The summed E-state index contributed by atoms with van der Waals surface area (Å²) in [6, 6.07) is 20.4. The van der Waals surface area contributed by atoms with Crippen LogP contribution in [0.1, 0.15) is 24.5 Å². The van der Waals surface area contributed by atoms with Gasteiger partial charge in [-0.3, -0.25) is 4.79 Å². The Morgan fingerprint density at radius 3 is 2.48 bits per heavy atom. The molecule has 0 aliphatic carbocycles. The van der Waals surface area contributed by atoms with Crippen molar-refractivity contribution >= 4 is 23.2 Å². The van der Waals surface area contributed by atoms with E-state index < -0.39 is 6.10 Å². The second-order valence-corrected chi connectivity index (χ2v) is 7.26. The van der Waals surface area contributed by atoms with E-state index in [2.05, 4.69) is 5.32 Å². The number of nitrogens with one attached hydrogen (secondary N) is 1. The van der Waals surface area contributed by atoms with Gasteiger partial charge < -0.3 is 14.8 Å². The van der Waals surface area contributed by atoms with Crippen LogP contribution in [0.3, 0.4) is 0 Å².